The van der Waals surface area contributed by atoms with Gasteiger partial charge in [-0.2, -0.15) is 0 Å². The summed E-state index contributed by atoms with van der Waals surface area (Å²) in [5, 5.41) is 0. The molecule has 0 radical (unpaired) electrons. The van der Waals surface area contributed by atoms with Crippen molar-refractivity contribution in [3.05, 3.63) is 0 Å². The Kier molecular flexibility index (Phi) is 21.2. The zero-order valence-corrected chi connectivity index (χ0v) is 12.5. The van der Waals surface area contributed by atoms with Crippen molar-refractivity contribution < 1.29 is 25.9 Å². The zero-order valence-electron chi connectivity index (χ0n) is 10.4. The maximum atomic E-state index is 10.00. The third-order valence-electron chi connectivity index (χ3n) is 2.66. The van der Waals surface area contributed by atoms with E-state index in [9.17, 15) is 4.57 Å². The summed E-state index contributed by atoms with van der Waals surface area (Å²) in [5.74, 6) is 0. The van der Waals surface area contributed by atoms with Crippen molar-refractivity contribution in [1.29, 1.82) is 0 Å². The number of hydrogen-bond donors (Lipinski definition) is 0. The van der Waals surface area contributed by atoms with Crippen LogP contribution >= 0.6 is 8.69 Å². The van der Waals surface area contributed by atoms with E-state index in [1.54, 1.807) is 0 Å². The van der Waals surface area contributed by atoms with Gasteiger partial charge in [0.1, 0.15) is 6.61 Å². The molecule has 0 spiro atoms. The first-order valence-electron chi connectivity index (χ1n) is 6.40. The van der Waals surface area contributed by atoms with E-state index >= 15 is 0 Å². The summed E-state index contributed by atoms with van der Waals surface area (Å²) in [6, 6.07) is 0. The van der Waals surface area contributed by atoms with Gasteiger partial charge in [0.2, 0.25) is 0 Å². The number of hydrogen-bond acceptors (Lipinski definition) is 2. The Morgan fingerprint density at radius 1 is 0.812 bits per heavy atom. The smallest absolute Gasteiger partial charge is 0.148 e. The molecule has 0 aromatic heterocycles. The van der Waals surface area contributed by atoms with E-state index in [1.165, 1.54) is 57.8 Å². The molecule has 1 unspecified atom stereocenters. The monoisotopic (exact) mass is 292 g/mol. The van der Waals surface area contributed by atoms with Gasteiger partial charge in [0.25, 0.3) is 0 Å². The summed E-state index contributed by atoms with van der Waals surface area (Å²) >= 11 is 0. The topological polar surface area (TPSA) is 26.3 Å². The predicted molar refractivity (Wildman–Crippen MR) is 66.8 cm³/mol. The standard InChI is InChI=1S/C12H26O2P.Co/c1-2-3-4-5-6-7-8-9-10-11-12-14-15-13;/h15H,2-12H2,1H3;/q+1;+3. The first-order chi connectivity index (χ1) is 7.41. The Balaban J connectivity index is 0. The molecule has 4 heteroatoms. The fourth-order valence-corrected chi connectivity index (χ4v) is 1.93. The largest absolute Gasteiger partial charge is 3.00 e. The minimum atomic E-state index is -0.580. The van der Waals surface area contributed by atoms with Crippen molar-refractivity contribution >= 4 is 8.69 Å². The van der Waals surface area contributed by atoms with E-state index in [2.05, 4.69) is 6.92 Å². The first kappa shape index (κ1) is 18.9. The molecule has 0 aliphatic rings. The van der Waals surface area contributed by atoms with Crippen molar-refractivity contribution in [3.63, 3.8) is 0 Å². The van der Waals surface area contributed by atoms with Crippen LogP contribution in [-0.4, -0.2) is 6.61 Å². The Morgan fingerprint density at radius 2 is 1.25 bits per heavy atom. The van der Waals surface area contributed by atoms with E-state index in [-0.39, 0.29) is 16.8 Å². The molecule has 16 heavy (non-hydrogen) atoms. The third-order valence-corrected chi connectivity index (χ3v) is 2.98. The third kappa shape index (κ3) is 17.0. The normalized spacial score (nSPS) is 10.3. The molecule has 2 nitrogen and oxygen atoms in total. The van der Waals surface area contributed by atoms with Gasteiger partial charge in [-0.25, -0.2) is 0 Å². The van der Waals surface area contributed by atoms with E-state index in [1.807, 2.05) is 0 Å². The van der Waals surface area contributed by atoms with Gasteiger partial charge < -0.3 is 0 Å². The second kappa shape index (κ2) is 17.9. The predicted octanol–water partition coefficient (Wildman–Crippen LogP) is 4.86. The molecule has 0 aliphatic heterocycles. The van der Waals surface area contributed by atoms with Crippen molar-refractivity contribution in [2.24, 2.45) is 0 Å². The zero-order chi connectivity index (χ0) is 11.2. The summed E-state index contributed by atoms with van der Waals surface area (Å²) in [7, 11) is -0.580. The van der Waals surface area contributed by atoms with Gasteiger partial charge in [-0.1, -0.05) is 64.7 Å². The molecular formula is C12H26CoO2P+4. The van der Waals surface area contributed by atoms with E-state index in [0.29, 0.717) is 6.61 Å². The van der Waals surface area contributed by atoms with Gasteiger partial charge in [0, 0.05) is 0 Å². The molecule has 0 aromatic rings. The van der Waals surface area contributed by atoms with Crippen LogP contribution in [0.1, 0.15) is 71.1 Å². The SMILES string of the molecule is CCCCCCCCCCCCO[PH+]=O.[Co+3]. The molecule has 0 fully saturated rings. The molecule has 0 saturated carbocycles. The Labute approximate surface area is 112 Å². The van der Waals surface area contributed by atoms with Crippen LogP contribution in [0.4, 0.5) is 0 Å². The van der Waals surface area contributed by atoms with Crippen molar-refractivity contribution in [2.75, 3.05) is 6.61 Å². The van der Waals surface area contributed by atoms with E-state index < -0.39 is 8.69 Å². The van der Waals surface area contributed by atoms with Crippen LogP contribution in [0.5, 0.6) is 0 Å². The Morgan fingerprint density at radius 3 is 1.69 bits per heavy atom. The average molecular weight is 292 g/mol. The molecule has 0 rings (SSSR count). The van der Waals surface area contributed by atoms with Gasteiger partial charge in [-0.3, -0.25) is 0 Å². The van der Waals surface area contributed by atoms with Crippen LogP contribution in [0.15, 0.2) is 0 Å². The van der Waals surface area contributed by atoms with Crippen molar-refractivity contribution in [2.45, 2.75) is 71.1 Å². The molecule has 0 N–H and O–H groups in total. The fraction of sp³-hybridized carbons (Fsp3) is 1.00. The average Bonchev–Trinajstić information content (AvgIpc) is 2.26. The fourth-order valence-electron chi connectivity index (χ4n) is 1.70. The van der Waals surface area contributed by atoms with Crippen molar-refractivity contribution in [3.8, 4) is 0 Å². The van der Waals surface area contributed by atoms with Crippen LogP contribution in [0.3, 0.4) is 0 Å². The van der Waals surface area contributed by atoms with Gasteiger partial charge in [0.15, 0.2) is 0 Å². The maximum absolute atomic E-state index is 10.00. The molecule has 0 saturated heterocycles. The molecule has 0 amide bonds. The Hall–Kier alpha value is 0.566. The van der Waals surface area contributed by atoms with Crippen molar-refractivity contribution in [1.82, 2.24) is 0 Å². The quantitative estimate of drug-likeness (QED) is 0.379. The van der Waals surface area contributed by atoms with Crippen LogP contribution < -0.4 is 0 Å². The van der Waals surface area contributed by atoms with Crippen LogP contribution in [0, 0.1) is 0 Å². The van der Waals surface area contributed by atoms with Gasteiger partial charge in [0.05, 0.1) is 0 Å². The van der Waals surface area contributed by atoms with Gasteiger partial charge in [-0.05, 0) is 11.0 Å². The summed E-state index contributed by atoms with van der Waals surface area (Å²) < 4.78 is 14.8. The molecule has 96 valence electrons. The number of unbranched alkanes of at least 4 members (excludes halogenated alkanes) is 9. The molecule has 0 aromatic carbocycles. The van der Waals surface area contributed by atoms with Gasteiger partial charge in [-0.15, -0.1) is 4.52 Å². The number of rotatable bonds is 12. The minimum Gasteiger partial charge on any atom is -0.148 e. The summed E-state index contributed by atoms with van der Waals surface area (Å²) in [5.41, 5.74) is 0. The summed E-state index contributed by atoms with van der Waals surface area (Å²) in [4.78, 5) is 0. The van der Waals surface area contributed by atoms with Gasteiger partial charge >= 0.3 is 25.5 Å². The molecular weight excluding hydrogens is 266 g/mol. The molecule has 1 atom stereocenters. The van der Waals surface area contributed by atoms with E-state index in [4.69, 9.17) is 4.52 Å². The maximum Gasteiger partial charge on any atom is 3.00 e. The van der Waals surface area contributed by atoms with E-state index in [0.717, 1.165) is 6.42 Å². The van der Waals surface area contributed by atoms with Crippen LogP contribution in [0.25, 0.3) is 0 Å². The first-order valence-corrected chi connectivity index (χ1v) is 7.22. The second-order valence-electron chi connectivity index (χ2n) is 4.11. The van der Waals surface area contributed by atoms with Crippen LogP contribution in [-0.2, 0) is 25.9 Å². The second-order valence-corrected chi connectivity index (χ2v) is 4.57. The molecule has 0 bridgehead atoms. The van der Waals surface area contributed by atoms with Crippen LogP contribution in [0.2, 0.25) is 0 Å². The minimum absolute atomic E-state index is 0. The molecule has 0 aliphatic carbocycles. The summed E-state index contributed by atoms with van der Waals surface area (Å²) in [6.07, 6.45) is 13.3. The Bertz CT molecular complexity index is 134. The summed E-state index contributed by atoms with van der Waals surface area (Å²) in [6.45, 7) is 2.92. The molecule has 0 heterocycles.